The Morgan fingerprint density at radius 1 is 0.833 bits per heavy atom. The molecule has 1 rings (SSSR count). The molecule has 142 valence electrons. The molecule has 0 aromatic carbocycles. The maximum atomic E-state index is 9.76. The van der Waals surface area contributed by atoms with Gasteiger partial charge in [0.05, 0.1) is 12.4 Å². The molecule has 0 unspecified atom stereocenters. The first kappa shape index (κ1) is 21.5. The molecule has 1 aliphatic rings. The lowest BCUT2D eigenvalue weighted by Crippen LogP contribution is -2.08. The molecule has 0 bridgehead atoms. The number of unbranched alkanes of at least 4 members (excludes halogenated alkanes) is 7. The van der Waals surface area contributed by atoms with Crippen molar-refractivity contribution in [2.75, 3.05) is 6.61 Å². The zero-order valence-corrected chi connectivity index (χ0v) is 16.4. The van der Waals surface area contributed by atoms with Crippen LogP contribution in [0.25, 0.3) is 0 Å². The smallest absolute Gasteiger partial charge is 0.0934 e. The summed E-state index contributed by atoms with van der Waals surface area (Å²) in [5, 5.41) is 18.8. The van der Waals surface area contributed by atoms with Gasteiger partial charge in [0.25, 0.3) is 0 Å². The Bertz CT molecular complexity index is 335. The van der Waals surface area contributed by atoms with Gasteiger partial charge < -0.3 is 10.2 Å². The Morgan fingerprint density at radius 3 is 1.96 bits per heavy atom. The van der Waals surface area contributed by atoms with Gasteiger partial charge in [-0.3, -0.25) is 0 Å². The maximum Gasteiger partial charge on any atom is 0.0934 e. The van der Waals surface area contributed by atoms with E-state index in [1.165, 1.54) is 83.5 Å². The first-order chi connectivity index (χ1) is 11.7. The normalized spacial score (nSPS) is 22.0. The number of rotatable bonds is 14. The van der Waals surface area contributed by atoms with Gasteiger partial charge in [0, 0.05) is 6.42 Å². The van der Waals surface area contributed by atoms with E-state index in [-0.39, 0.29) is 6.61 Å². The van der Waals surface area contributed by atoms with E-state index in [0.29, 0.717) is 5.76 Å². The molecule has 0 aromatic heterocycles. The highest BCUT2D eigenvalue weighted by Crippen LogP contribution is 2.38. The molecule has 2 atom stereocenters. The topological polar surface area (TPSA) is 40.5 Å². The average molecular weight is 339 g/mol. The van der Waals surface area contributed by atoms with E-state index in [1.807, 2.05) is 0 Å². The van der Waals surface area contributed by atoms with Crippen LogP contribution in [0.5, 0.6) is 0 Å². The summed E-state index contributed by atoms with van der Waals surface area (Å²) < 4.78 is 0. The summed E-state index contributed by atoms with van der Waals surface area (Å²) >= 11 is 0. The third-order valence-electron chi connectivity index (χ3n) is 5.96. The molecule has 2 N–H and O–H groups in total. The summed E-state index contributed by atoms with van der Waals surface area (Å²) in [4.78, 5) is 0. The average Bonchev–Trinajstić information content (AvgIpc) is 3.04. The van der Waals surface area contributed by atoms with Crippen molar-refractivity contribution in [3.63, 3.8) is 0 Å². The van der Waals surface area contributed by atoms with Crippen molar-refractivity contribution < 1.29 is 10.2 Å². The highest BCUT2D eigenvalue weighted by atomic mass is 16.3. The predicted molar refractivity (Wildman–Crippen MR) is 104 cm³/mol. The number of hydrogen-bond donors (Lipinski definition) is 2. The Kier molecular flexibility index (Phi) is 12.3. The lowest BCUT2D eigenvalue weighted by atomic mass is 9.86. The molecule has 1 aliphatic carbocycles. The van der Waals surface area contributed by atoms with E-state index in [4.69, 9.17) is 5.11 Å². The largest absolute Gasteiger partial charge is 0.512 e. The molecule has 0 radical (unpaired) electrons. The fraction of sp³-hybridized carbons (Fsp3) is 0.909. The summed E-state index contributed by atoms with van der Waals surface area (Å²) in [6, 6.07) is 0. The van der Waals surface area contributed by atoms with Gasteiger partial charge >= 0.3 is 0 Å². The van der Waals surface area contributed by atoms with Crippen molar-refractivity contribution in [1.82, 2.24) is 0 Å². The van der Waals surface area contributed by atoms with E-state index in [2.05, 4.69) is 6.92 Å². The van der Waals surface area contributed by atoms with Gasteiger partial charge in [0.2, 0.25) is 0 Å². The molecule has 24 heavy (non-hydrogen) atoms. The van der Waals surface area contributed by atoms with E-state index in [0.717, 1.165) is 30.3 Å². The van der Waals surface area contributed by atoms with Crippen LogP contribution in [0.4, 0.5) is 0 Å². The summed E-state index contributed by atoms with van der Waals surface area (Å²) in [7, 11) is 0. The molecular weight excluding hydrogens is 296 g/mol. The van der Waals surface area contributed by atoms with Gasteiger partial charge in [-0.1, -0.05) is 90.4 Å². The number of allylic oxidation sites excluding steroid dienone is 1. The SMILES string of the molecule is CCCCCCCC[C@H]1CCC[C@@H]1CCCCCC(O)=C(C)CO. The van der Waals surface area contributed by atoms with Crippen molar-refractivity contribution in [3.8, 4) is 0 Å². The molecule has 0 aliphatic heterocycles. The van der Waals surface area contributed by atoms with Crippen LogP contribution in [0.3, 0.4) is 0 Å². The molecule has 2 heteroatoms. The number of aliphatic hydroxyl groups is 2. The molecule has 0 aromatic rings. The standard InChI is InChI=1S/C22H42O2/c1-3-4-5-6-7-9-13-20-15-12-16-21(20)14-10-8-11-17-22(24)19(2)18-23/h20-21,23-24H,3-18H2,1-2H3/t20-,21-/m0/s1. The second-order valence-electron chi connectivity index (χ2n) is 7.99. The van der Waals surface area contributed by atoms with Crippen molar-refractivity contribution in [2.45, 2.75) is 110 Å². The summed E-state index contributed by atoms with van der Waals surface area (Å²) in [5.41, 5.74) is 0.727. The van der Waals surface area contributed by atoms with Crippen LogP contribution in [0.1, 0.15) is 110 Å². The summed E-state index contributed by atoms with van der Waals surface area (Å²) in [5.74, 6) is 2.38. The van der Waals surface area contributed by atoms with Crippen molar-refractivity contribution in [1.29, 1.82) is 0 Å². The third kappa shape index (κ3) is 9.11. The first-order valence-electron chi connectivity index (χ1n) is 10.7. The van der Waals surface area contributed by atoms with Crippen LogP contribution < -0.4 is 0 Å². The first-order valence-corrected chi connectivity index (χ1v) is 10.7. The van der Waals surface area contributed by atoms with Gasteiger partial charge in [-0.15, -0.1) is 0 Å². The zero-order chi connectivity index (χ0) is 17.6. The maximum absolute atomic E-state index is 9.76. The van der Waals surface area contributed by atoms with Gasteiger partial charge in [-0.2, -0.15) is 0 Å². The van der Waals surface area contributed by atoms with Gasteiger partial charge in [-0.05, 0) is 30.8 Å². The second-order valence-corrected chi connectivity index (χ2v) is 7.99. The molecule has 1 saturated carbocycles. The summed E-state index contributed by atoms with van der Waals surface area (Å²) in [6.07, 6.45) is 20.1. The highest BCUT2D eigenvalue weighted by molar-refractivity contribution is 5.04. The van der Waals surface area contributed by atoms with Crippen LogP contribution >= 0.6 is 0 Å². The monoisotopic (exact) mass is 338 g/mol. The lowest BCUT2D eigenvalue weighted by Gasteiger charge is -2.19. The fourth-order valence-corrected chi connectivity index (χ4v) is 4.24. The minimum atomic E-state index is -0.0198. The second kappa shape index (κ2) is 13.8. The van der Waals surface area contributed by atoms with Crippen molar-refractivity contribution in [2.24, 2.45) is 11.8 Å². The van der Waals surface area contributed by atoms with Crippen LogP contribution in [0, 0.1) is 11.8 Å². The van der Waals surface area contributed by atoms with Gasteiger partial charge in [0.15, 0.2) is 0 Å². The van der Waals surface area contributed by atoms with E-state index in [9.17, 15) is 5.11 Å². The Labute approximate surface area is 150 Å². The third-order valence-corrected chi connectivity index (χ3v) is 5.96. The van der Waals surface area contributed by atoms with E-state index < -0.39 is 0 Å². The quantitative estimate of drug-likeness (QED) is 0.266. The molecule has 0 saturated heterocycles. The van der Waals surface area contributed by atoms with E-state index in [1.54, 1.807) is 6.92 Å². The van der Waals surface area contributed by atoms with Crippen LogP contribution in [0.2, 0.25) is 0 Å². The zero-order valence-electron chi connectivity index (χ0n) is 16.4. The van der Waals surface area contributed by atoms with Crippen LogP contribution in [-0.2, 0) is 0 Å². The van der Waals surface area contributed by atoms with Gasteiger partial charge in [-0.25, -0.2) is 0 Å². The Hall–Kier alpha value is -0.500. The van der Waals surface area contributed by atoms with Gasteiger partial charge in [0.1, 0.15) is 0 Å². The minimum absolute atomic E-state index is 0.0198. The Balaban J connectivity index is 2.07. The highest BCUT2D eigenvalue weighted by Gasteiger charge is 2.25. The number of hydrogen-bond acceptors (Lipinski definition) is 2. The fourth-order valence-electron chi connectivity index (χ4n) is 4.24. The van der Waals surface area contributed by atoms with Crippen LogP contribution in [0.15, 0.2) is 11.3 Å². The molecule has 2 nitrogen and oxygen atoms in total. The molecule has 0 amide bonds. The summed E-state index contributed by atoms with van der Waals surface area (Å²) in [6.45, 7) is 4.07. The van der Waals surface area contributed by atoms with E-state index >= 15 is 0 Å². The minimum Gasteiger partial charge on any atom is -0.512 e. The van der Waals surface area contributed by atoms with Crippen molar-refractivity contribution in [3.05, 3.63) is 11.3 Å². The molecule has 0 spiro atoms. The van der Waals surface area contributed by atoms with Crippen molar-refractivity contribution >= 4 is 0 Å². The molecular formula is C22H42O2. The Morgan fingerprint density at radius 2 is 1.38 bits per heavy atom. The number of aliphatic hydroxyl groups excluding tert-OH is 2. The lowest BCUT2D eigenvalue weighted by molar-refractivity contribution is 0.305. The molecule has 0 heterocycles. The van der Waals surface area contributed by atoms with Crippen LogP contribution in [-0.4, -0.2) is 16.8 Å². The predicted octanol–water partition coefficient (Wildman–Crippen LogP) is 6.93. The molecule has 1 fully saturated rings.